The van der Waals surface area contributed by atoms with Crippen LogP contribution in [-0.4, -0.2) is 0 Å². The molecule has 0 amide bonds. The van der Waals surface area contributed by atoms with E-state index in [1.54, 1.807) is 0 Å². The van der Waals surface area contributed by atoms with Crippen LogP contribution in [-0.2, 0) is 20.4 Å². The normalized spacial score (nSPS) is 16.1. The molecule has 0 saturated heterocycles. The first-order chi connectivity index (χ1) is 4.88. The van der Waals surface area contributed by atoms with E-state index in [-0.39, 0.29) is 14.1 Å². The molecule has 0 N–H and O–H groups in total. The Morgan fingerprint density at radius 1 is 1.00 bits per heavy atom. The molecular formula is C9H10F3Ti. The van der Waals surface area contributed by atoms with Crippen LogP contribution in [0.15, 0.2) is 30.3 Å². The Kier molecular flexibility index (Phi) is 6.91. The molecule has 1 aliphatic carbocycles. The van der Waals surface area contributed by atoms with Gasteiger partial charge in [0.2, 0.25) is 0 Å². The molecule has 0 radical (unpaired) electrons. The van der Waals surface area contributed by atoms with Gasteiger partial charge in [-0.2, -0.15) is 0 Å². The Labute approximate surface area is 86.5 Å². The first-order valence-electron chi connectivity index (χ1n) is 3.36. The van der Waals surface area contributed by atoms with Crippen molar-refractivity contribution in [3.8, 4) is 0 Å². The quantitative estimate of drug-likeness (QED) is 0.593. The van der Waals surface area contributed by atoms with Crippen molar-refractivity contribution >= 4 is 6.08 Å². The fraction of sp³-hybridized carbons (Fsp3) is 0.111. The van der Waals surface area contributed by atoms with E-state index in [9.17, 15) is 0 Å². The number of allylic oxidation sites excluding steroid dienone is 1. The average Bonchev–Trinajstić information content (AvgIpc) is 2.34. The summed E-state index contributed by atoms with van der Waals surface area (Å²) in [5, 5.41) is 0. The molecule has 0 bridgehead atoms. The van der Waals surface area contributed by atoms with Gasteiger partial charge in [-0.25, -0.2) is 0 Å². The zero-order valence-corrected chi connectivity index (χ0v) is 8.33. The van der Waals surface area contributed by atoms with E-state index in [2.05, 4.69) is 56.9 Å². The van der Waals surface area contributed by atoms with E-state index >= 15 is 0 Å². The molecule has 0 fully saturated rings. The van der Waals surface area contributed by atoms with Gasteiger partial charge < -0.3 is 0 Å². The number of benzene rings is 1. The van der Waals surface area contributed by atoms with Crippen LogP contribution in [0.4, 0.5) is 14.1 Å². The first kappa shape index (κ1) is 15.0. The van der Waals surface area contributed by atoms with E-state index in [1.165, 1.54) is 11.1 Å². The molecule has 0 heterocycles. The van der Waals surface area contributed by atoms with E-state index in [0.717, 1.165) is 0 Å². The fourth-order valence-corrected chi connectivity index (χ4v) is 1.81. The molecule has 0 aliphatic heterocycles. The van der Waals surface area contributed by atoms with Crippen molar-refractivity contribution < 1.29 is 34.5 Å². The predicted octanol–water partition coefficient (Wildman–Crippen LogP) is 2.76. The summed E-state index contributed by atoms with van der Waals surface area (Å²) in [6, 6.07) is 8.54. The Hall–Kier alpha value is -0.536. The number of rotatable bonds is 0. The zero-order chi connectivity index (χ0) is 6.97. The predicted molar refractivity (Wildman–Crippen MR) is 45.7 cm³/mol. The Morgan fingerprint density at radius 3 is 2.23 bits per heavy atom. The molecule has 0 aromatic heterocycles. The summed E-state index contributed by atoms with van der Waals surface area (Å²) in [6.45, 7) is 0. The molecule has 2 rings (SSSR count). The van der Waals surface area contributed by atoms with Crippen LogP contribution in [0.3, 0.4) is 0 Å². The van der Waals surface area contributed by atoms with Gasteiger partial charge in [-0.05, 0) is 0 Å². The molecule has 4 heteroatoms. The minimum atomic E-state index is 0. The van der Waals surface area contributed by atoms with E-state index in [4.69, 9.17) is 0 Å². The van der Waals surface area contributed by atoms with Crippen molar-refractivity contribution in [3.05, 3.63) is 41.5 Å². The van der Waals surface area contributed by atoms with Gasteiger partial charge in [0.1, 0.15) is 0 Å². The van der Waals surface area contributed by atoms with Gasteiger partial charge in [0.15, 0.2) is 0 Å². The van der Waals surface area contributed by atoms with Gasteiger partial charge in [0.25, 0.3) is 0 Å². The van der Waals surface area contributed by atoms with Crippen molar-refractivity contribution in [2.45, 2.75) is 4.22 Å². The fourth-order valence-electron chi connectivity index (χ4n) is 1.25. The third-order valence-electron chi connectivity index (χ3n) is 1.80. The zero-order valence-electron chi connectivity index (χ0n) is 6.77. The third kappa shape index (κ3) is 2.71. The molecule has 0 saturated carbocycles. The molecule has 0 nitrogen and oxygen atoms in total. The summed E-state index contributed by atoms with van der Waals surface area (Å²) in [5.41, 5.74) is 2.84. The van der Waals surface area contributed by atoms with Crippen LogP contribution in [0.2, 0.25) is 0 Å². The molecular weight excluding hydrogens is 213 g/mol. The second-order valence-electron chi connectivity index (χ2n) is 2.47. The Balaban J connectivity index is 0. The topological polar surface area (TPSA) is 0 Å². The van der Waals surface area contributed by atoms with Crippen molar-refractivity contribution in [2.75, 3.05) is 0 Å². The van der Waals surface area contributed by atoms with Crippen molar-refractivity contribution in [1.82, 2.24) is 0 Å². The maximum absolute atomic E-state index is 2.24. The van der Waals surface area contributed by atoms with E-state index in [1.807, 2.05) is 0 Å². The molecule has 1 unspecified atom stereocenters. The maximum atomic E-state index is 2.24. The van der Waals surface area contributed by atoms with Crippen LogP contribution < -0.4 is 0 Å². The van der Waals surface area contributed by atoms with Crippen LogP contribution in [0.25, 0.3) is 6.08 Å². The molecule has 1 aromatic rings. The van der Waals surface area contributed by atoms with Crippen LogP contribution in [0, 0.1) is 0 Å². The van der Waals surface area contributed by atoms with Gasteiger partial charge >= 0.3 is 72.2 Å². The summed E-state index contributed by atoms with van der Waals surface area (Å²) < 4.78 is 0.621. The second-order valence-corrected chi connectivity index (χ2v) is 3.44. The molecule has 1 aromatic carbocycles. The number of halogens is 3. The van der Waals surface area contributed by atoms with Crippen LogP contribution in [0.5, 0.6) is 0 Å². The standard InChI is InChI=1S/C9H7.3FH.Ti/c1-2-5-9-7-3-6-8(9)4-1;;;;/h1-7H;3*1H;. The summed E-state index contributed by atoms with van der Waals surface area (Å²) in [5.74, 6) is 0. The number of fused-ring (bicyclic) bond motifs is 1. The SMILES string of the molecule is F.F.F.[Ti][CH]1C=Cc2ccccc21. The monoisotopic (exact) mass is 223 g/mol. The van der Waals surface area contributed by atoms with Crippen molar-refractivity contribution in [1.29, 1.82) is 0 Å². The summed E-state index contributed by atoms with van der Waals surface area (Å²) in [7, 11) is 0. The Morgan fingerprint density at radius 2 is 1.62 bits per heavy atom. The molecule has 13 heavy (non-hydrogen) atoms. The van der Waals surface area contributed by atoms with Gasteiger partial charge in [0, 0.05) is 0 Å². The molecule has 1 atom stereocenters. The Bertz CT molecular complexity index is 286. The van der Waals surface area contributed by atoms with E-state index < -0.39 is 0 Å². The number of hydrogen-bond donors (Lipinski definition) is 0. The van der Waals surface area contributed by atoms with Gasteiger partial charge in [-0.3, -0.25) is 14.1 Å². The van der Waals surface area contributed by atoms with Gasteiger partial charge in [-0.15, -0.1) is 0 Å². The summed E-state index contributed by atoms with van der Waals surface area (Å²) in [6.07, 6.45) is 4.44. The third-order valence-corrected chi connectivity index (χ3v) is 2.59. The summed E-state index contributed by atoms with van der Waals surface area (Å²) >= 11 is 2.22. The van der Waals surface area contributed by atoms with Gasteiger partial charge in [0.05, 0.1) is 0 Å². The number of hydrogen-bond acceptors (Lipinski definition) is 0. The summed E-state index contributed by atoms with van der Waals surface area (Å²) in [4.78, 5) is 0. The molecule has 1 aliphatic rings. The van der Waals surface area contributed by atoms with Gasteiger partial charge in [-0.1, -0.05) is 0 Å². The second kappa shape index (κ2) is 6.00. The average molecular weight is 223 g/mol. The van der Waals surface area contributed by atoms with E-state index in [0.29, 0.717) is 4.22 Å². The molecule has 71 valence electrons. The van der Waals surface area contributed by atoms with Crippen molar-refractivity contribution in [3.63, 3.8) is 0 Å². The molecule has 0 spiro atoms. The van der Waals surface area contributed by atoms with Crippen LogP contribution >= 0.6 is 0 Å². The minimum absolute atomic E-state index is 0. The first-order valence-corrected chi connectivity index (χ1v) is 4.26. The van der Waals surface area contributed by atoms with Crippen LogP contribution in [0.1, 0.15) is 15.3 Å². The van der Waals surface area contributed by atoms with Crippen molar-refractivity contribution in [2.24, 2.45) is 0 Å².